The number of aliphatic hydroxyl groups excluding tert-OH is 1. The van der Waals surface area contributed by atoms with Crippen LogP contribution in [0.3, 0.4) is 0 Å². The van der Waals surface area contributed by atoms with Gasteiger partial charge in [-0.05, 0) is 13.0 Å². The molecular weight excluding hydrogens is 268 g/mol. The van der Waals surface area contributed by atoms with Crippen LogP contribution in [0.5, 0.6) is 0 Å². The molecule has 0 saturated heterocycles. The summed E-state index contributed by atoms with van der Waals surface area (Å²) in [5.74, 6) is 5.38. The van der Waals surface area contributed by atoms with Crippen LogP contribution in [0.2, 0.25) is 0 Å². The number of anilines is 1. The second-order valence-electron chi connectivity index (χ2n) is 4.28. The number of amides is 1. The number of hydrogen-bond donors (Lipinski definition) is 2. The zero-order valence-electron chi connectivity index (χ0n) is 11.7. The number of pyridine rings is 1. The maximum atomic E-state index is 12.1. The molecule has 0 radical (unpaired) electrons. The second kappa shape index (κ2) is 7.22. The molecule has 6 heteroatoms. The van der Waals surface area contributed by atoms with E-state index in [2.05, 4.69) is 27.2 Å². The lowest BCUT2D eigenvalue weighted by molar-refractivity contribution is 0.102. The standard InChI is InChI=1S/C15H16N4O2/c1-2-19-11-14(10-17-19)18-15(21)13-7-12(8-16-9-13)5-3-4-6-20/h7-11,20H,2,4,6H2,1H3,(H,18,21). The lowest BCUT2D eigenvalue weighted by atomic mass is 10.2. The number of carbonyl (C=O) groups is 1. The van der Waals surface area contributed by atoms with E-state index in [0.717, 1.165) is 6.54 Å². The molecule has 6 nitrogen and oxygen atoms in total. The SMILES string of the molecule is CCn1cc(NC(=O)c2cncc(C#CCCO)c2)cn1. The minimum absolute atomic E-state index is 0.0159. The van der Waals surface area contributed by atoms with E-state index in [1.165, 1.54) is 6.20 Å². The number of nitrogens with one attached hydrogen (secondary N) is 1. The first-order chi connectivity index (χ1) is 10.2. The predicted octanol–water partition coefficient (Wildman–Crippen LogP) is 1.28. The Morgan fingerprint density at radius 2 is 2.29 bits per heavy atom. The number of rotatable bonds is 4. The largest absolute Gasteiger partial charge is 0.395 e. The zero-order valence-corrected chi connectivity index (χ0v) is 11.7. The number of aryl methyl sites for hydroxylation is 1. The molecule has 0 aliphatic heterocycles. The fourth-order valence-corrected chi connectivity index (χ4v) is 1.66. The van der Waals surface area contributed by atoms with E-state index >= 15 is 0 Å². The average molecular weight is 284 g/mol. The van der Waals surface area contributed by atoms with Crippen LogP contribution in [0.4, 0.5) is 5.69 Å². The van der Waals surface area contributed by atoms with Crippen LogP contribution in [0, 0.1) is 11.8 Å². The topological polar surface area (TPSA) is 80.0 Å². The second-order valence-corrected chi connectivity index (χ2v) is 4.28. The molecule has 0 unspecified atom stereocenters. The molecule has 2 heterocycles. The number of aliphatic hydroxyl groups is 1. The van der Waals surface area contributed by atoms with Crippen molar-refractivity contribution in [2.24, 2.45) is 0 Å². The van der Waals surface area contributed by atoms with Crippen molar-refractivity contribution < 1.29 is 9.90 Å². The third kappa shape index (κ3) is 4.16. The van der Waals surface area contributed by atoms with E-state index in [0.29, 0.717) is 23.2 Å². The molecule has 0 atom stereocenters. The van der Waals surface area contributed by atoms with Crippen molar-refractivity contribution >= 4 is 11.6 Å². The predicted molar refractivity (Wildman–Crippen MR) is 78.7 cm³/mol. The van der Waals surface area contributed by atoms with Gasteiger partial charge in [-0.1, -0.05) is 11.8 Å². The molecule has 0 fully saturated rings. The smallest absolute Gasteiger partial charge is 0.257 e. The Labute approximate surface area is 122 Å². The van der Waals surface area contributed by atoms with Crippen molar-refractivity contribution in [3.05, 3.63) is 42.0 Å². The van der Waals surface area contributed by atoms with Gasteiger partial charge < -0.3 is 10.4 Å². The van der Waals surface area contributed by atoms with Gasteiger partial charge in [0.2, 0.25) is 0 Å². The van der Waals surface area contributed by atoms with Crippen LogP contribution in [0.1, 0.15) is 29.3 Å². The molecule has 0 aliphatic carbocycles. The molecule has 0 saturated carbocycles. The monoisotopic (exact) mass is 284 g/mol. The summed E-state index contributed by atoms with van der Waals surface area (Å²) in [7, 11) is 0. The Morgan fingerprint density at radius 3 is 3.00 bits per heavy atom. The van der Waals surface area contributed by atoms with Gasteiger partial charge in [0.15, 0.2) is 0 Å². The number of aromatic nitrogens is 3. The summed E-state index contributed by atoms with van der Waals surface area (Å²) in [6.45, 7) is 2.73. The van der Waals surface area contributed by atoms with Gasteiger partial charge in [-0.15, -0.1) is 0 Å². The van der Waals surface area contributed by atoms with Crippen molar-refractivity contribution in [2.75, 3.05) is 11.9 Å². The summed E-state index contributed by atoms with van der Waals surface area (Å²) in [5, 5.41) is 15.5. The fourth-order valence-electron chi connectivity index (χ4n) is 1.66. The van der Waals surface area contributed by atoms with Crippen LogP contribution < -0.4 is 5.32 Å². The quantitative estimate of drug-likeness (QED) is 0.829. The van der Waals surface area contributed by atoms with Crippen LogP contribution in [-0.4, -0.2) is 32.4 Å². The lowest BCUT2D eigenvalue weighted by Crippen LogP contribution is -2.12. The summed E-state index contributed by atoms with van der Waals surface area (Å²) in [4.78, 5) is 16.1. The van der Waals surface area contributed by atoms with E-state index in [1.807, 2.05) is 6.92 Å². The molecule has 108 valence electrons. The van der Waals surface area contributed by atoms with Gasteiger partial charge in [-0.25, -0.2) is 0 Å². The Kier molecular flexibility index (Phi) is 5.07. The van der Waals surface area contributed by atoms with Gasteiger partial charge in [0.05, 0.1) is 24.1 Å². The van der Waals surface area contributed by atoms with Gasteiger partial charge >= 0.3 is 0 Å². The minimum atomic E-state index is -0.260. The molecule has 21 heavy (non-hydrogen) atoms. The summed E-state index contributed by atoms with van der Waals surface area (Å²) in [6.07, 6.45) is 6.82. The average Bonchev–Trinajstić information content (AvgIpc) is 2.95. The van der Waals surface area contributed by atoms with Crippen LogP contribution in [0.25, 0.3) is 0 Å². The molecular formula is C15H16N4O2. The summed E-state index contributed by atoms with van der Waals surface area (Å²) in [5.41, 5.74) is 1.70. The maximum Gasteiger partial charge on any atom is 0.257 e. The third-order valence-corrected chi connectivity index (χ3v) is 2.69. The Bertz CT molecular complexity index is 682. The van der Waals surface area contributed by atoms with Gasteiger partial charge in [-0.3, -0.25) is 14.5 Å². The lowest BCUT2D eigenvalue weighted by Gasteiger charge is -2.02. The van der Waals surface area contributed by atoms with Crippen molar-refractivity contribution in [3.63, 3.8) is 0 Å². The molecule has 2 aromatic heterocycles. The van der Waals surface area contributed by atoms with Crippen molar-refractivity contribution in [2.45, 2.75) is 19.9 Å². The zero-order chi connectivity index (χ0) is 15.1. The number of nitrogens with zero attached hydrogens (tertiary/aromatic N) is 3. The van der Waals surface area contributed by atoms with E-state index in [1.54, 1.807) is 29.3 Å². The van der Waals surface area contributed by atoms with Gasteiger partial charge in [0.1, 0.15) is 0 Å². The first kappa shape index (κ1) is 14.8. The van der Waals surface area contributed by atoms with Crippen LogP contribution >= 0.6 is 0 Å². The van der Waals surface area contributed by atoms with Gasteiger partial charge in [0.25, 0.3) is 5.91 Å². The summed E-state index contributed by atoms with van der Waals surface area (Å²) in [6, 6.07) is 1.66. The molecule has 0 aliphatic rings. The van der Waals surface area contributed by atoms with Gasteiger partial charge in [-0.2, -0.15) is 5.10 Å². The Morgan fingerprint density at radius 1 is 1.43 bits per heavy atom. The number of hydrogen-bond acceptors (Lipinski definition) is 4. The van der Waals surface area contributed by atoms with E-state index in [4.69, 9.17) is 5.11 Å². The molecule has 0 bridgehead atoms. The third-order valence-electron chi connectivity index (χ3n) is 2.69. The number of carbonyl (C=O) groups excluding carboxylic acids is 1. The van der Waals surface area contributed by atoms with Crippen LogP contribution in [0.15, 0.2) is 30.9 Å². The molecule has 0 spiro atoms. The fraction of sp³-hybridized carbons (Fsp3) is 0.267. The maximum absolute atomic E-state index is 12.1. The summed E-state index contributed by atoms with van der Waals surface area (Å²) < 4.78 is 1.73. The first-order valence-electron chi connectivity index (χ1n) is 6.61. The minimum Gasteiger partial charge on any atom is -0.395 e. The molecule has 2 rings (SSSR count). The Balaban J connectivity index is 2.08. The highest BCUT2D eigenvalue weighted by Gasteiger charge is 2.08. The van der Waals surface area contributed by atoms with E-state index in [9.17, 15) is 4.79 Å². The highest BCUT2D eigenvalue weighted by Crippen LogP contribution is 2.09. The van der Waals surface area contributed by atoms with E-state index in [-0.39, 0.29) is 12.5 Å². The molecule has 1 amide bonds. The highest BCUT2D eigenvalue weighted by molar-refractivity contribution is 6.04. The molecule has 2 aromatic rings. The normalized spacial score (nSPS) is 9.81. The van der Waals surface area contributed by atoms with Crippen molar-refractivity contribution in [1.29, 1.82) is 0 Å². The molecule has 2 N–H and O–H groups in total. The van der Waals surface area contributed by atoms with Crippen molar-refractivity contribution in [3.8, 4) is 11.8 Å². The van der Waals surface area contributed by atoms with Crippen LogP contribution in [-0.2, 0) is 6.54 Å². The van der Waals surface area contributed by atoms with E-state index < -0.39 is 0 Å². The molecule has 0 aromatic carbocycles. The Hall–Kier alpha value is -2.65. The van der Waals surface area contributed by atoms with Crippen molar-refractivity contribution in [1.82, 2.24) is 14.8 Å². The summed E-state index contributed by atoms with van der Waals surface area (Å²) >= 11 is 0. The first-order valence-corrected chi connectivity index (χ1v) is 6.61. The van der Waals surface area contributed by atoms with Gasteiger partial charge in [0, 0.05) is 37.1 Å². The highest BCUT2D eigenvalue weighted by atomic mass is 16.2.